The molecule has 122 valence electrons. The minimum atomic E-state index is -5.47. The Bertz CT molecular complexity index is 444. The number of halogens is 6. The minimum absolute atomic E-state index is 0.0969. The molecule has 1 aromatic heterocycles. The Morgan fingerprint density at radius 1 is 1.10 bits per heavy atom. The molecule has 1 rings (SSSR count). The molecule has 9 heteroatoms. The first-order chi connectivity index (χ1) is 9.31. The van der Waals surface area contributed by atoms with Crippen LogP contribution in [0.5, 0.6) is 0 Å². The van der Waals surface area contributed by atoms with Gasteiger partial charge in [-0.25, -0.2) is 4.98 Å². The fourth-order valence-corrected chi connectivity index (χ4v) is 1.63. The normalized spacial score (nSPS) is 14.0. The summed E-state index contributed by atoms with van der Waals surface area (Å²) in [6.07, 6.45) is -10.4. The monoisotopic (exact) mass is 318 g/mol. The van der Waals surface area contributed by atoms with Crippen LogP contribution < -0.4 is 5.32 Å². The van der Waals surface area contributed by atoms with Crippen LogP contribution in [0.4, 0.5) is 26.3 Å². The lowest BCUT2D eigenvalue weighted by Crippen LogP contribution is -2.37. The summed E-state index contributed by atoms with van der Waals surface area (Å²) in [6, 6.07) is 0. The Morgan fingerprint density at radius 2 is 1.62 bits per heavy atom. The van der Waals surface area contributed by atoms with Gasteiger partial charge in [0.15, 0.2) is 5.89 Å². The number of oxazole rings is 1. The molecule has 0 aromatic carbocycles. The van der Waals surface area contributed by atoms with E-state index in [1.54, 1.807) is 0 Å². The second-order valence-electron chi connectivity index (χ2n) is 5.60. The van der Waals surface area contributed by atoms with Crippen LogP contribution in [0.3, 0.4) is 0 Å². The maximum Gasteiger partial charge on any atom is 0.407 e. The molecule has 0 aliphatic heterocycles. The standard InChI is InChI=1S/C12H16F6N2O/c1-10(2,3)20-5-4-8-19-6-7(21-8)9(11(13,14)15)12(16,17)18/h6,9,20H,4-5H2,1-3H3. The molecule has 21 heavy (non-hydrogen) atoms. The van der Waals surface area contributed by atoms with E-state index >= 15 is 0 Å². The van der Waals surface area contributed by atoms with Gasteiger partial charge in [-0.05, 0) is 20.8 Å². The zero-order chi connectivity index (χ0) is 16.5. The summed E-state index contributed by atoms with van der Waals surface area (Å²) < 4.78 is 79.6. The molecular formula is C12H16F6N2O. The maximum atomic E-state index is 12.5. The van der Waals surface area contributed by atoms with Crippen LogP contribution in [0.2, 0.25) is 0 Å². The molecule has 1 N–H and O–H groups in total. The second kappa shape index (κ2) is 5.86. The quantitative estimate of drug-likeness (QED) is 0.858. The van der Waals surface area contributed by atoms with Crippen LogP contribution in [-0.4, -0.2) is 29.4 Å². The fraction of sp³-hybridized carbons (Fsp3) is 0.750. The van der Waals surface area contributed by atoms with Crippen molar-refractivity contribution in [3.8, 4) is 0 Å². The molecular weight excluding hydrogens is 302 g/mol. The summed E-state index contributed by atoms with van der Waals surface area (Å²) >= 11 is 0. The Labute approximate surface area is 117 Å². The SMILES string of the molecule is CC(C)(C)NCCc1ncc(C(C(F)(F)F)C(F)(F)F)o1. The Kier molecular flexibility index (Phi) is 4.97. The number of rotatable bonds is 4. The molecule has 0 spiro atoms. The van der Waals surface area contributed by atoms with Gasteiger partial charge in [-0.15, -0.1) is 0 Å². The molecule has 0 bridgehead atoms. The summed E-state index contributed by atoms with van der Waals surface area (Å²) in [4.78, 5) is 3.48. The third-order valence-corrected chi connectivity index (χ3v) is 2.50. The number of aromatic nitrogens is 1. The van der Waals surface area contributed by atoms with Crippen LogP contribution >= 0.6 is 0 Å². The van der Waals surface area contributed by atoms with Gasteiger partial charge in [0.05, 0.1) is 6.20 Å². The van der Waals surface area contributed by atoms with Gasteiger partial charge in [0.25, 0.3) is 0 Å². The average Bonchev–Trinajstić information content (AvgIpc) is 2.59. The summed E-state index contributed by atoms with van der Waals surface area (Å²) in [6.45, 7) is 5.94. The Hall–Kier alpha value is -1.25. The maximum absolute atomic E-state index is 12.5. The van der Waals surface area contributed by atoms with E-state index in [9.17, 15) is 26.3 Å². The highest BCUT2D eigenvalue weighted by Gasteiger charge is 2.59. The highest BCUT2D eigenvalue weighted by atomic mass is 19.4. The Morgan fingerprint density at radius 3 is 2.05 bits per heavy atom. The van der Waals surface area contributed by atoms with E-state index in [2.05, 4.69) is 14.7 Å². The minimum Gasteiger partial charge on any atom is -0.445 e. The first-order valence-electron chi connectivity index (χ1n) is 6.14. The average molecular weight is 318 g/mol. The number of nitrogens with zero attached hydrogens (tertiary/aromatic N) is 1. The molecule has 3 nitrogen and oxygen atoms in total. The van der Waals surface area contributed by atoms with Crippen molar-refractivity contribution in [3.63, 3.8) is 0 Å². The smallest absolute Gasteiger partial charge is 0.407 e. The van der Waals surface area contributed by atoms with Crippen molar-refractivity contribution in [1.82, 2.24) is 10.3 Å². The summed E-state index contributed by atoms with van der Waals surface area (Å²) in [5, 5.41) is 3.02. The van der Waals surface area contributed by atoms with E-state index in [-0.39, 0.29) is 17.9 Å². The van der Waals surface area contributed by atoms with E-state index in [1.165, 1.54) is 0 Å². The zero-order valence-electron chi connectivity index (χ0n) is 11.7. The first kappa shape index (κ1) is 17.8. The van der Waals surface area contributed by atoms with Crippen LogP contribution in [-0.2, 0) is 6.42 Å². The largest absolute Gasteiger partial charge is 0.445 e. The molecule has 0 amide bonds. The van der Waals surface area contributed by atoms with Gasteiger partial charge in [-0.2, -0.15) is 26.3 Å². The molecule has 0 aliphatic rings. The Balaban J connectivity index is 2.81. The molecule has 1 aromatic rings. The van der Waals surface area contributed by atoms with Crippen LogP contribution in [0.25, 0.3) is 0 Å². The van der Waals surface area contributed by atoms with Gasteiger partial charge in [-0.1, -0.05) is 0 Å². The summed E-state index contributed by atoms with van der Waals surface area (Å²) in [7, 11) is 0. The number of nitrogens with one attached hydrogen (secondary N) is 1. The molecule has 1 heterocycles. The van der Waals surface area contributed by atoms with E-state index in [0.717, 1.165) is 0 Å². The number of hydrogen-bond donors (Lipinski definition) is 1. The van der Waals surface area contributed by atoms with Crippen molar-refractivity contribution in [3.05, 3.63) is 17.8 Å². The summed E-state index contributed by atoms with van der Waals surface area (Å²) in [5.74, 6) is -5.05. The predicted octanol–water partition coefficient (Wildman–Crippen LogP) is 3.81. The van der Waals surface area contributed by atoms with E-state index < -0.39 is 24.0 Å². The highest BCUT2D eigenvalue weighted by Crippen LogP contribution is 2.46. The van der Waals surface area contributed by atoms with Gasteiger partial charge in [0.1, 0.15) is 5.76 Å². The van der Waals surface area contributed by atoms with Crippen molar-refractivity contribution in [2.75, 3.05) is 6.54 Å². The number of hydrogen-bond acceptors (Lipinski definition) is 3. The lowest BCUT2D eigenvalue weighted by Gasteiger charge is -2.20. The van der Waals surface area contributed by atoms with E-state index in [0.29, 0.717) is 12.7 Å². The molecule has 0 atom stereocenters. The van der Waals surface area contributed by atoms with Crippen molar-refractivity contribution >= 4 is 0 Å². The third-order valence-electron chi connectivity index (χ3n) is 2.50. The molecule has 0 radical (unpaired) electrons. The van der Waals surface area contributed by atoms with Gasteiger partial charge < -0.3 is 9.73 Å². The molecule has 0 aliphatic carbocycles. The molecule has 0 unspecified atom stereocenters. The van der Waals surface area contributed by atoms with Crippen molar-refractivity contribution < 1.29 is 30.8 Å². The van der Waals surface area contributed by atoms with Crippen molar-refractivity contribution in [2.24, 2.45) is 0 Å². The second-order valence-corrected chi connectivity index (χ2v) is 5.60. The van der Waals surface area contributed by atoms with Crippen LogP contribution in [0.15, 0.2) is 10.6 Å². The number of alkyl halides is 6. The molecule has 0 saturated carbocycles. The molecule has 0 fully saturated rings. The van der Waals surface area contributed by atoms with Gasteiger partial charge >= 0.3 is 12.4 Å². The van der Waals surface area contributed by atoms with E-state index in [4.69, 9.17) is 0 Å². The van der Waals surface area contributed by atoms with Gasteiger partial charge in [0.2, 0.25) is 5.92 Å². The first-order valence-corrected chi connectivity index (χ1v) is 6.14. The van der Waals surface area contributed by atoms with Crippen LogP contribution in [0.1, 0.15) is 38.3 Å². The van der Waals surface area contributed by atoms with Gasteiger partial charge in [0, 0.05) is 18.5 Å². The lowest BCUT2D eigenvalue weighted by molar-refractivity contribution is -0.257. The topological polar surface area (TPSA) is 38.1 Å². The third kappa shape index (κ3) is 5.56. The predicted molar refractivity (Wildman–Crippen MR) is 62.8 cm³/mol. The van der Waals surface area contributed by atoms with Gasteiger partial charge in [-0.3, -0.25) is 0 Å². The van der Waals surface area contributed by atoms with Crippen molar-refractivity contribution in [2.45, 2.75) is 51.0 Å². The van der Waals surface area contributed by atoms with Crippen molar-refractivity contribution in [1.29, 1.82) is 0 Å². The van der Waals surface area contributed by atoms with Crippen LogP contribution in [0, 0.1) is 0 Å². The summed E-state index contributed by atoms with van der Waals surface area (Å²) in [5.41, 5.74) is -0.226. The zero-order valence-corrected chi connectivity index (χ0v) is 11.7. The highest BCUT2D eigenvalue weighted by molar-refractivity contribution is 5.08. The molecule has 0 saturated heterocycles. The fourth-order valence-electron chi connectivity index (χ4n) is 1.63. The van der Waals surface area contributed by atoms with E-state index in [1.807, 2.05) is 20.8 Å². The lowest BCUT2D eigenvalue weighted by atomic mass is 10.1.